The van der Waals surface area contributed by atoms with Crippen LogP contribution in [0.25, 0.3) is 0 Å². The Labute approximate surface area is 159 Å². The second-order valence-electron chi connectivity index (χ2n) is 7.94. The number of nitrogens with one attached hydrogen (secondary N) is 1. The summed E-state index contributed by atoms with van der Waals surface area (Å²) in [6, 6.07) is 6.75. The molecule has 3 rings (SSSR count). The fourth-order valence-corrected chi connectivity index (χ4v) is 3.06. The van der Waals surface area contributed by atoms with Gasteiger partial charge in [0, 0.05) is 31.9 Å². The minimum atomic E-state index is -0.469. The first-order valence-corrected chi connectivity index (χ1v) is 9.29. The Morgan fingerprint density at radius 1 is 1.26 bits per heavy atom. The number of ether oxygens (including phenoxy) is 1. The Morgan fingerprint density at radius 2 is 1.93 bits per heavy atom. The number of hydrogen-bond donors (Lipinski definition) is 1. The third-order valence-electron chi connectivity index (χ3n) is 4.41. The zero-order valence-electron chi connectivity index (χ0n) is 16.1. The monoisotopic (exact) mass is 374 g/mol. The van der Waals surface area contributed by atoms with Gasteiger partial charge in [-0.3, -0.25) is 0 Å². The molecule has 0 saturated carbocycles. The molecule has 0 bridgehead atoms. The summed E-state index contributed by atoms with van der Waals surface area (Å²) in [5.74, 6) is 0.581. The van der Waals surface area contributed by atoms with Crippen LogP contribution in [0, 0.1) is 5.82 Å². The van der Waals surface area contributed by atoms with Gasteiger partial charge in [-0.25, -0.2) is 14.2 Å². The first kappa shape index (κ1) is 19.2. The minimum Gasteiger partial charge on any atom is -0.444 e. The molecule has 7 heteroatoms. The molecule has 6 nitrogen and oxygen atoms in total. The van der Waals surface area contributed by atoms with Gasteiger partial charge in [-0.2, -0.15) is 0 Å². The lowest BCUT2D eigenvalue weighted by molar-refractivity contribution is 0.0210. The van der Waals surface area contributed by atoms with E-state index in [1.165, 1.54) is 12.1 Å². The molecule has 1 aromatic heterocycles. The number of anilines is 1. The summed E-state index contributed by atoms with van der Waals surface area (Å²) in [7, 11) is 0. The van der Waals surface area contributed by atoms with Crippen LogP contribution in [-0.2, 0) is 11.3 Å². The fourth-order valence-electron chi connectivity index (χ4n) is 3.06. The molecule has 0 aliphatic carbocycles. The zero-order valence-corrected chi connectivity index (χ0v) is 16.1. The van der Waals surface area contributed by atoms with Gasteiger partial charge in [-0.1, -0.05) is 12.1 Å². The van der Waals surface area contributed by atoms with Crippen LogP contribution in [0.5, 0.6) is 0 Å². The summed E-state index contributed by atoms with van der Waals surface area (Å²) in [5.41, 5.74) is 0.551. The molecule has 27 heavy (non-hydrogen) atoms. The van der Waals surface area contributed by atoms with Gasteiger partial charge in [-0.15, -0.1) is 0 Å². The van der Waals surface area contributed by atoms with E-state index in [0.717, 1.165) is 24.2 Å². The molecule has 2 aromatic rings. The molecule has 2 heterocycles. The number of imidazole rings is 1. The van der Waals surface area contributed by atoms with Gasteiger partial charge in [0.2, 0.25) is 0 Å². The number of aromatic nitrogens is 2. The van der Waals surface area contributed by atoms with Gasteiger partial charge in [-0.05, 0) is 51.3 Å². The van der Waals surface area contributed by atoms with E-state index in [1.54, 1.807) is 23.4 Å². The third kappa shape index (κ3) is 5.70. The molecule has 0 spiro atoms. The summed E-state index contributed by atoms with van der Waals surface area (Å²) in [6.07, 6.45) is 5.17. The Morgan fingerprint density at radius 3 is 2.56 bits per heavy atom. The maximum Gasteiger partial charge on any atom is 0.410 e. The SMILES string of the molecule is CC(C)(C)OC(=O)N1CCC(Nc2cn(Cc3ccc(F)cc3)cn2)CC1. The maximum absolute atomic E-state index is 13.0. The lowest BCUT2D eigenvalue weighted by Gasteiger charge is -2.33. The quantitative estimate of drug-likeness (QED) is 0.882. The van der Waals surface area contributed by atoms with Gasteiger partial charge < -0.3 is 19.5 Å². The van der Waals surface area contributed by atoms with E-state index in [2.05, 4.69) is 10.3 Å². The number of benzene rings is 1. The smallest absolute Gasteiger partial charge is 0.410 e. The van der Waals surface area contributed by atoms with Gasteiger partial charge in [0.05, 0.1) is 6.33 Å². The first-order valence-electron chi connectivity index (χ1n) is 9.29. The molecular formula is C20H27FN4O2. The number of carbonyl (C=O) groups is 1. The highest BCUT2D eigenvalue weighted by molar-refractivity contribution is 5.68. The van der Waals surface area contributed by atoms with Crippen molar-refractivity contribution in [3.63, 3.8) is 0 Å². The van der Waals surface area contributed by atoms with Crippen molar-refractivity contribution in [3.05, 3.63) is 48.2 Å². The fraction of sp³-hybridized carbons (Fsp3) is 0.500. The average molecular weight is 374 g/mol. The van der Waals surface area contributed by atoms with Crippen LogP contribution in [0.2, 0.25) is 0 Å². The Balaban J connectivity index is 1.47. The van der Waals surface area contributed by atoms with Crippen molar-refractivity contribution in [2.45, 2.75) is 51.8 Å². The van der Waals surface area contributed by atoms with Crippen molar-refractivity contribution in [1.82, 2.24) is 14.5 Å². The van der Waals surface area contributed by atoms with Crippen LogP contribution < -0.4 is 5.32 Å². The topological polar surface area (TPSA) is 59.4 Å². The van der Waals surface area contributed by atoms with E-state index in [0.29, 0.717) is 19.6 Å². The average Bonchev–Trinajstić information content (AvgIpc) is 3.03. The normalized spacial score (nSPS) is 15.6. The van der Waals surface area contributed by atoms with Crippen molar-refractivity contribution < 1.29 is 13.9 Å². The Hall–Kier alpha value is -2.57. The van der Waals surface area contributed by atoms with E-state index >= 15 is 0 Å². The summed E-state index contributed by atoms with van der Waals surface area (Å²) >= 11 is 0. The number of rotatable bonds is 4. The van der Waals surface area contributed by atoms with Crippen LogP contribution in [0.15, 0.2) is 36.8 Å². The van der Waals surface area contributed by atoms with Gasteiger partial charge >= 0.3 is 6.09 Å². The molecule has 0 radical (unpaired) electrons. The second-order valence-corrected chi connectivity index (χ2v) is 7.94. The van der Waals surface area contributed by atoms with Crippen molar-refractivity contribution in [3.8, 4) is 0 Å². The van der Waals surface area contributed by atoms with Crippen LogP contribution in [0.1, 0.15) is 39.2 Å². The number of amides is 1. The van der Waals surface area contributed by atoms with Crippen LogP contribution in [0.4, 0.5) is 15.0 Å². The predicted octanol–water partition coefficient (Wildman–Crippen LogP) is 3.88. The molecular weight excluding hydrogens is 347 g/mol. The number of hydrogen-bond acceptors (Lipinski definition) is 4. The van der Waals surface area contributed by atoms with E-state index in [4.69, 9.17) is 4.74 Å². The molecule has 1 saturated heterocycles. The summed E-state index contributed by atoms with van der Waals surface area (Å²) in [4.78, 5) is 18.3. The number of nitrogens with zero attached hydrogens (tertiary/aromatic N) is 3. The van der Waals surface area contributed by atoms with Crippen molar-refractivity contribution in [2.24, 2.45) is 0 Å². The van der Waals surface area contributed by atoms with Crippen molar-refractivity contribution in [1.29, 1.82) is 0 Å². The summed E-state index contributed by atoms with van der Waals surface area (Å²) < 4.78 is 20.4. The van der Waals surface area contributed by atoms with Gasteiger partial charge in [0.1, 0.15) is 17.2 Å². The molecule has 1 amide bonds. The molecule has 1 fully saturated rings. The highest BCUT2D eigenvalue weighted by Gasteiger charge is 2.27. The molecule has 1 aliphatic heterocycles. The largest absolute Gasteiger partial charge is 0.444 e. The number of carbonyl (C=O) groups excluding carboxylic acids is 1. The van der Waals surface area contributed by atoms with Crippen LogP contribution in [-0.4, -0.2) is 45.3 Å². The number of piperidine rings is 1. The lowest BCUT2D eigenvalue weighted by atomic mass is 10.1. The van der Waals surface area contributed by atoms with Crippen LogP contribution in [0.3, 0.4) is 0 Å². The summed E-state index contributed by atoms with van der Waals surface area (Å²) in [6.45, 7) is 7.61. The molecule has 1 N–H and O–H groups in total. The predicted molar refractivity (Wildman–Crippen MR) is 102 cm³/mol. The Kier molecular flexibility index (Phi) is 5.68. The van der Waals surface area contributed by atoms with E-state index in [1.807, 2.05) is 31.5 Å². The van der Waals surface area contributed by atoms with E-state index in [9.17, 15) is 9.18 Å². The molecule has 1 aliphatic rings. The number of halogens is 1. The van der Waals surface area contributed by atoms with E-state index in [-0.39, 0.29) is 18.0 Å². The van der Waals surface area contributed by atoms with Crippen molar-refractivity contribution in [2.75, 3.05) is 18.4 Å². The van der Waals surface area contributed by atoms with Gasteiger partial charge in [0.15, 0.2) is 0 Å². The third-order valence-corrected chi connectivity index (χ3v) is 4.41. The standard InChI is InChI=1S/C20H27FN4O2/c1-20(2,3)27-19(26)25-10-8-17(9-11-25)23-18-13-24(14-22-18)12-15-4-6-16(21)7-5-15/h4-7,13-14,17,23H,8-12H2,1-3H3. The number of likely N-dealkylation sites (tertiary alicyclic amines) is 1. The minimum absolute atomic E-state index is 0.232. The lowest BCUT2D eigenvalue weighted by Crippen LogP contribution is -2.44. The zero-order chi connectivity index (χ0) is 19.4. The Bertz CT molecular complexity index is 759. The highest BCUT2D eigenvalue weighted by atomic mass is 19.1. The van der Waals surface area contributed by atoms with E-state index < -0.39 is 5.60 Å². The van der Waals surface area contributed by atoms with Crippen molar-refractivity contribution >= 4 is 11.9 Å². The molecule has 1 aromatic carbocycles. The summed E-state index contributed by atoms with van der Waals surface area (Å²) in [5, 5.41) is 3.43. The van der Waals surface area contributed by atoms with Gasteiger partial charge in [0.25, 0.3) is 0 Å². The maximum atomic E-state index is 13.0. The highest BCUT2D eigenvalue weighted by Crippen LogP contribution is 2.18. The molecule has 146 valence electrons. The second kappa shape index (κ2) is 7.98. The molecule has 0 unspecified atom stereocenters. The first-order chi connectivity index (χ1) is 12.8. The molecule has 0 atom stereocenters. The van der Waals surface area contributed by atoms with Crippen LogP contribution >= 0.6 is 0 Å².